The topological polar surface area (TPSA) is 127 Å². The zero-order valence-electron chi connectivity index (χ0n) is 11.9. The number of benzene rings is 1. The summed E-state index contributed by atoms with van der Waals surface area (Å²) in [6, 6.07) is 4.38. The molecule has 8 nitrogen and oxygen atoms in total. The van der Waals surface area contributed by atoms with E-state index >= 15 is 0 Å². The summed E-state index contributed by atoms with van der Waals surface area (Å²) in [6.45, 7) is 1.18. The lowest BCUT2D eigenvalue weighted by Gasteiger charge is -2.07. The summed E-state index contributed by atoms with van der Waals surface area (Å²) in [5.74, 6) is -1.72. The van der Waals surface area contributed by atoms with E-state index < -0.39 is 11.9 Å². The Labute approximate surface area is 126 Å². The minimum absolute atomic E-state index is 0.0680. The van der Waals surface area contributed by atoms with Gasteiger partial charge in [-0.3, -0.25) is 0 Å². The Balaban J connectivity index is 0.000000335. The highest BCUT2D eigenvalue weighted by molar-refractivity contribution is 5.97. The van der Waals surface area contributed by atoms with E-state index in [1.165, 1.54) is 30.7 Å². The molecule has 0 bridgehead atoms. The van der Waals surface area contributed by atoms with Crippen LogP contribution in [0.1, 0.15) is 26.3 Å². The quantitative estimate of drug-likeness (QED) is 0.428. The molecule has 0 amide bonds. The van der Waals surface area contributed by atoms with E-state index in [0.717, 1.165) is 0 Å². The third-order valence-electron chi connectivity index (χ3n) is 2.63. The molecule has 0 fully saturated rings. The highest BCUT2D eigenvalue weighted by Gasteiger charge is 2.15. The van der Waals surface area contributed by atoms with Gasteiger partial charge in [-0.25, -0.2) is 19.3 Å². The van der Waals surface area contributed by atoms with Crippen LogP contribution in [0, 0.1) is 12.1 Å². The number of rotatable bonds is 4. The first-order valence-corrected chi connectivity index (χ1v) is 6.29. The maximum Gasteiger partial charge on any atom is 0.338 e. The molecule has 0 aliphatic rings. The number of nitrogens with one attached hydrogen (secondary N) is 1. The number of ether oxygens (including phenoxy) is 1. The Morgan fingerprint density at radius 3 is 2.50 bits per heavy atom. The molecule has 0 saturated heterocycles. The Morgan fingerprint density at radius 2 is 2.05 bits per heavy atom. The first-order chi connectivity index (χ1) is 10.5. The fourth-order valence-electron chi connectivity index (χ4n) is 1.58. The molecule has 2 rings (SSSR count). The number of carboxylic acid groups (broad SMARTS) is 1. The van der Waals surface area contributed by atoms with Crippen molar-refractivity contribution >= 4 is 11.9 Å². The van der Waals surface area contributed by atoms with E-state index in [4.69, 9.17) is 14.9 Å². The number of aromatic carboxylic acids is 1. The molecule has 0 aliphatic carbocycles. The number of aromatic nitrogens is 2. The molecular weight excluding hydrogens is 292 g/mol. The van der Waals surface area contributed by atoms with E-state index in [2.05, 4.69) is 4.98 Å². The molecule has 3 N–H and O–H groups in total. The van der Waals surface area contributed by atoms with Crippen molar-refractivity contribution in [1.82, 2.24) is 4.98 Å². The highest BCUT2D eigenvalue weighted by atomic mass is 16.5. The van der Waals surface area contributed by atoms with E-state index in [9.17, 15) is 14.8 Å². The van der Waals surface area contributed by atoms with Crippen LogP contribution in [-0.4, -0.2) is 40.3 Å². The van der Waals surface area contributed by atoms with Gasteiger partial charge in [0.05, 0.1) is 17.7 Å². The number of nitrogens with zero attached hydrogens (tertiary/aromatic N) is 1. The number of carboxylic acids is 1. The van der Waals surface area contributed by atoms with Crippen molar-refractivity contribution in [3.63, 3.8) is 0 Å². The fourth-order valence-corrected chi connectivity index (χ4v) is 1.58. The molecule has 0 aliphatic heterocycles. The van der Waals surface area contributed by atoms with E-state index in [1.54, 1.807) is 13.1 Å². The molecule has 1 aromatic carbocycles. The van der Waals surface area contributed by atoms with Gasteiger partial charge in [0.2, 0.25) is 6.33 Å². The average Bonchev–Trinajstić information content (AvgIpc) is 2.96. The van der Waals surface area contributed by atoms with E-state index in [-0.39, 0.29) is 24.3 Å². The van der Waals surface area contributed by atoms with Gasteiger partial charge in [-0.1, -0.05) is 6.07 Å². The third kappa shape index (κ3) is 4.91. The molecule has 0 unspecified atom stereocenters. The van der Waals surface area contributed by atoms with Gasteiger partial charge < -0.3 is 20.2 Å². The van der Waals surface area contributed by atoms with E-state index in [1.807, 2.05) is 0 Å². The van der Waals surface area contributed by atoms with Crippen molar-refractivity contribution in [2.75, 3.05) is 13.2 Å². The predicted octanol–water partition coefficient (Wildman–Crippen LogP) is 0.490. The van der Waals surface area contributed by atoms with Crippen molar-refractivity contribution in [1.29, 1.82) is 0 Å². The highest BCUT2D eigenvalue weighted by Crippen LogP contribution is 2.14. The fraction of sp³-hybridized carbons (Fsp3) is 0.214. The van der Waals surface area contributed by atoms with Gasteiger partial charge in [0, 0.05) is 0 Å². The van der Waals surface area contributed by atoms with Crippen molar-refractivity contribution in [3.05, 3.63) is 58.8 Å². The van der Waals surface area contributed by atoms with Gasteiger partial charge in [-0.2, -0.15) is 0 Å². The second-order valence-corrected chi connectivity index (χ2v) is 4.11. The average molecular weight is 308 g/mol. The van der Waals surface area contributed by atoms with Crippen LogP contribution in [-0.2, 0) is 4.74 Å². The number of aliphatic hydroxyl groups excluding tert-OH is 1. The van der Waals surface area contributed by atoms with Gasteiger partial charge in [0.15, 0.2) is 0 Å². The molecule has 8 heteroatoms. The molecule has 2 aromatic rings. The van der Waals surface area contributed by atoms with Crippen LogP contribution < -0.4 is 4.73 Å². The van der Waals surface area contributed by atoms with Crippen LogP contribution in [0.25, 0.3) is 0 Å². The molecule has 22 heavy (non-hydrogen) atoms. The molecule has 118 valence electrons. The number of hydrogen-bond donors (Lipinski definition) is 3. The largest absolute Gasteiger partial charge is 0.711 e. The summed E-state index contributed by atoms with van der Waals surface area (Å²) >= 11 is 0. The van der Waals surface area contributed by atoms with Crippen molar-refractivity contribution in [2.24, 2.45) is 0 Å². The summed E-state index contributed by atoms with van der Waals surface area (Å²) in [7, 11) is 0. The van der Waals surface area contributed by atoms with Crippen molar-refractivity contribution in [2.45, 2.75) is 6.92 Å². The number of carbonyl (C=O) groups excluding carboxylic acids is 1. The summed E-state index contributed by atoms with van der Waals surface area (Å²) < 4.78 is 5.41. The lowest BCUT2D eigenvalue weighted by molar-refractivity contribution is -0.603. The number of H-pyrrole nitrogens is 1. The predicted molar refractivity (Wildman–Crippen MR) is 75.3 cm³/mol. The van der Waals surface area contributed by atoms with Gasteiger partial charge in [-0.15, -0.1) is 0 Å². The zero-order chi connectivity index (χ0) is 16.5. The number of carbonyl (C=O) groups is 2. The number of esters is 1. The summed E-state index contributed by atoms with van der Waals surface area (Å²) in [4.78, 5) is 24.9. The first-order valence-electron chi connectivity index (χ1n) is 6.29. The molecular formula is C14H16N2O6. The van der Waals surface area contributed by atoms with Crippen molar-refractivity contribution in [3.8, 4) is 0 Å². The van der Waals surface area contributed by atoms with Gasteiger partial charge in [0.25, 0.3) is 0 Å². The Bertz CT molecular complexity index is 624. The van der Waals surface area contributed by atoms with Crippen LogP contribution in [0.5, 0.6) is 0 Å². The maximum absolute atomic E-state index is 11.5. The van der Waals surface area contributed by atoms with Crippen LogP contribution in [0.4, 0.5) is 0 Å². The normalized spacial score (nSPS) is 9.55. The smallest absolute Gasteiger partial charge is 0.338 e. The molecule has 1 heterocycles. The summed E-state index contributed by atoms with van der Waals surface area (Å²) in [5.41, 5.74) is 0.629. The second kappa shape index (κ2) is 8.42. The molecule has 0 saturated carbocycles. The van der Waals surface area contributed by atoms with E-state index in [0.29, 0.717) is 10.3 Å². The molecule has 0 atom stereocenters. The first kappa shape index (κ1) is 17.2. The maximum atomic E-state index is 11.5. The lowest BCUT2D eigenvalue weighted by atomic mass is 10.0. The number of aromatic amines is 1. The number of aliphatic hydroxyl groups is 1. The minimum Gasteiger partial charge on any atom is -0.711 e. The van der Waals surface area contributed by atoms with Crippen LogP contribution in [0.3, 0.4) is 0 Å². The van der Waals surface area contributed by atoms with Gasteiger partial charge >= 0.3 is 11.9 Å². The Morgan fingerprint density at radius 1 is 1.36 bits per heavy atom. The Hall–Kier alpha value is -2.87. The standard InChI is InChI=1S/C11H12O5.C3H4N2O/c1-7-8(10(13)14)3-2-4-9(7)11(15)16-6-5-12;6-5-2-1-4-3-5/h2-4,12H,5-6H2,1H3,(H,13,14);1-4H. The van der Waals surface area contributed by atoms with Gasteiger partial charge in [-0.05, 0) is 24.6 Å². The lowest BCUT2D eigenvalue weighted by Crippen LogP contribution is -2.20. The van der Waals surface area contributed by atoms with Crippen LogP contribution >= 0.6 is 0 Å². The monoisotopic (exact) mass is 308 g/mol. The van der Waals surface area contributed by atoms with Crippen molar-refractivity contribution < 1.29 is 29.3 Å². The minimum atomic E-state index is -1.09. The number of imidazole rings is 1. The van der Waals surface area contributed by atoms with Gasteiger partial charge in [0.1, 0.15) is 19.0 Å². The zero-order valence-corrected chi connectivity index (χ0v) is 11.9. The Kier molecular flexibility index (Phi) is 6.58. The second-order valence-electron chi connectivity index (χ2n) is 4.11. The third-order valence-corrected chi connectivity index (χ3v) is 2.63. The molecule has 0 radical (unpaired) electrons. The number of hydrogen-bond acceptors (Lipinski definition) is 5. The van der Waals surface area contributed by atoms with Crippen LogP contribution in [0.2, 0.25) is 0 Å². The molecule has 1 aromatic heterocycles. The van der Waals surface area contributed by atoms with Crippen LogP contribution in [0.15, 0.2) is 36.9 Å². The SMILES string of the molecule is Cc1c(C(=O)O)cccc1C(=O)OCCO.[O-][n+]1cc[nH]c1. The molecule has 0 spiro atoms. The summed E-state index contributed by atoms with van der Waals surface area (Å²) in [5, 5.41) is 27.3. The summed E-state index contributed by atoms with van der Waals surface area (Å²) in [6.07, 6.45) is 4.27.